The summed E-state index contributed by atoms with van der Waals surface area (Å²) in [4.78, 5) is 8.77. The largest absolute Gasteiger partial charge is 0.391 e. The highest BCUT2D eigenvalue weighted by Crippen LogP contribution is 2.18. The molecule has 0 aliphatic heterocycles. The average Bonchev–Trinajstić information content (AvgIpc) is 3.23. The zero-order valence-electron chi connectivity index (χ0n) is 14.6. The lowest BCUT2D eigenvalue weighted by molar-refractivity contribution is 0.168. The zero-order chi connectivity index (χ0) is 18.8. The number of hydrogen-bond acceptors (Lipinski definition) is 6. The van der Waals surface area contributed by atoms with Gasteiger partial charge in [0.1, 0.15) is 5.82 Å². The Morgan fingerprint density at radius 2 is 2.04 bits per heavy atom. The van der Waals surface area contributed by atoms with Crippen LogP contribution in [-0.2, 0) is 13.1 Å². The quantitative estimate of drug-likeness (QED) is 0.543. The molecule has 1 aromatic carbocycles. The molecule has 9 heteroatoms. The lowest BCUT2D eigenvalue weighted by atomic mass is 10.2. The summed E-state index contributed by atoms with van der Waals surface area (Å²) in [6.07, 6.45) is 6.22. The van der Waals surface area contributed by atoms with Gasteiger partial charge in [-0.1, -0.05) is 18.2 Å². The van der Waals surface area contributed by atoms with Crippen molar-refractivity contribution in [3.05, 3.63) is 60.4 Å². The summed E-state index contributed by atoms with van der Waals surface area (Å²) >= 11 is 0. The Morgan fingerprint density at radius 1 is 1.19 bits per heavy atom. The van der Waals surface area contributed by atoms with Crippen LogP contribution in [0.15, 0.2) is 49.1 Å². The van der Waals surface area contributed by atoms with E-state index in [4.69, 9.17) is 0 Å². The van der Waals surface area contributed by atoms with Crippen LogP contribution in [-0.4, -0.2) is 40.7 Å². The molecule has 1 unspecified atom stereocenters. The minimum absolute atomic E-state index is 0.277. The second-order valence-electron chi connectivity index (χ2n) is 6.29. The van der Waals surface area contributed by atoms with Crippen LogP contribution in [0, 0.1) is 5.82 Å². The number of benzene rings is 1. The first-order chi connectivity index (χ1) is 13.1. The number of fused-ring (bicyclic) bond motifs is 1. The van der Waals surface area contributed by atoms with Gasteiger partial charge >= 0.3 is 0 Å². The molecule has 4 aromatic rings. The highest BCUT2D eigenvalue weighted by molar-refractivity contribution is 5.75. The molecule has 27 heavy (non-hydrogen) atoms. The highest BCUT2D eigenvalue weighted by Gasteiger charge is 2.10. The summed E-state index contributed by atoms with van der Waals surface area (Å²) in [5.74, 6) is 0.105. The van der Waals surface area contributed by atoms with Crippen LogP contribution in [0.1, 0.15) is 12.5 Å². The van der Waals surface area contributed by atoms with Crippen molar-refractivity contribution in [3.8, 4) is 0 Å². The van der Waals surface area contributed by atoms with E-state index >= 15 is 0 Å². The Labute approximate surface area is 154 Å². The van der Waals surface area contributed by atoms with E-state index in [1.165, 1.54) is 6.07 Å². The first kappa shape index (κ1) is 17.1. The normalized spacial score (nSPS) is 12.4. The molecule has 0 bridgehead atoms. The number of nitrogens with one attached hydrogen (secondary N) is 1. The molecule has 0 fully saturated rings. The third-order valence-electron chi connectivity index (χ3n) is 4.00. The number of aliphatic hydroxyl groups excluding tert-OH is 1. The summed E-state index contributed by atoms with van der Waals surface area (Å²) in [5.41, 5.74) is 1.84. The van der Waals surface area contributed by atoms with Gasteiger partial charge in [0.25, 0.3) is 0 Å². The summed E-state index contributed by atoms with van der Waals surface area (Å²) in [6, 6.07) is 6.59. The SMILES string of the molecule is CC(O)Cn1cc(Nc2ncc3cnn(Cc4ccccc4F)c3n2)cn1. The maximum Gasteiger partial charge on any atom is 0.229 e. The third-order valence-corrected chi connectivity index (χ3v) is 4.00. The maximum atomic E-state index is 13.9. The van der Waals surface area contributed by atoms with Crippen LogP contribution in [0.2, 0.25) is 0 Å². The number of nitrogens with zero attached hydrogens (tertiary/aromatic N) is 6. The first-order valence-corrected chi connectivity index (χ1v) is 8.48. The van der Waals surface area contributed by atoms with Crippen LogP contribution in [0.4, 0.5) is 16.0 Å². The summed E-state index contributed by atoms with van der Waals surface area (Å²) in [5, 5.41) is 21.7. The van der Waals surface area contributed by atoms with Crippen LogP contribution >= 0.6 is 0 Å². The molecule has 1 atom stereocenters. The van der Waals surface area contributed by atoms with Gasteiger partial charge in [-0.2, -0.15) is 15.2 Å². The summed E-state index contributed by atoms with van der Waals surface area (Å²) in [7, 11) is 0. The summed E-state index contributed by atoms with van der Waals surface area (Å²) in [6.45, 7) is 2.37. The smallest absolute Gasteiger partial charge is 0.229 e. The van der Waals surface area contributed by atoms with E-state index in [-0.39, 0.29) is 12.4 Å². The van der Waals surface area contributed by atoms with Crippen molar-refractivity contribution >= 4 is 22.7 Å². The van der Waals surface area contributed by atoms with E-state index in [0.29, 0.717) is 29.4 Å². The van der Waals surface area contributed by atoms with Gasteiger partial charge in [0.15, 0.2) is 5.65 Å². The molecule has 3 heterocycles. The molecule has 0 aliphatic rings. The third kappa shape index (κ3) is 3.77. The zero-order valence-corrected chi connectivity index (χ0v) is 14.6. The van der Waals surface area contributed by atoms with E-state index in [9.17, 15) is 9.50 Å². The van der Waals surface area contributed by atoms with Gasteiger partial charge in [0.05, 0.1) is 42.7 Å². The Balaban J connectivity index is 1.58. The topological polar surface area (TPSA) is 93.7 Å². The lowest BCUT2D eigenvalue weighted by Gasteiger charge is -2.06. The molecule has 0 saturated heterocycles. The molecular weight excluding hydrogens is 349 g/mol. The Kier molecular flexibility index (Phi) is 4.51. The van der Waals surface area contributed by atoms with Crippen LogP contribution < -0.4 is 5.32 Å². The number of aromatic nitrogens is 6. The van der Waals surface area contributed by atoms with Gasteiger partial charge in [-0.05, 0) is 13.0 Å². The van der Waals surface area contributed by atoms with E-state index in [1.807, 2.05) is 0 Å². The predicted molar refractivity (Wildman–Crippen MR) is 98.0 cm³/mol. The van der Waals surface area contributed by atoms with Crippen molar-refractivity contribution in [1.82, 2.24) is 29.5 Å². The number of hydrogen-bond donors (Lipinski definition) is 2. The molecule has 0 aliphatic carbocycles. The van der Waals surface area contributed by atoms with Gasteiger partial charge in [0.2, 0.25) is 5.95 Å². The van der Waals surface area contributed by atoms with Crippen LogP contribution in [0.3, 0.4) is 0 Å². The van der Waals surface area contributed by atoms with Gasteiger partial charge in [0, 0.05) is 18.0 Å². The number of rotatable bonds is 6. The first-order valence-electron chi connectivity index (χ1n) is 8.48. The van der Waals surface area contributed by atoms with Crippen molar-refractivity contribution in [2.75, 3.05) is 5.32 Å². The Morgan fingerprint density at radius 3 is 2.85 bits per heavy atom. The number of halogens is 1. The fourth-order valence-electron chi connectivity index (χ4n) is 2.76. The van der Waals surface area contributed by atoms with Gasteiger partial charge in [-0.25, -0.2) is 14.1 Å². The number of aliphatic hydroxyl groups is 1. The van der Waals surface area contributed by atoms with Crippen molar-refractivity contribution in [2.45, 2.75) is 26.1 Å². The van der Waals surface area contributed by atoms with E-state index < -0.39 is 6.10 Å². The lowest BCUT2D eigenvalue weighted by Crippen LogP contribution is -2.11. The minimum Gasteiger partial charge on any atom is -0.391 e. The molecule has 2 N–H and O–H groups in total. The second kappa shape index (κ2) is 7.12. The fraction of sp³-hybridized carbons (Fsp3) is 0.222. The fourth-order valence-corrected chi connectivity index (χ4v) is 2.76. The molecule has 4 rings (SSSR count). The molecule has 0 amide bonds. The predicted octanol–water partition coefficient (Wildman–Crippen LogP) is 2.33. The molecule has 138 valence electrons. The molecule has 0 radical (unpaired) electrons. The molecule has 8 nitrogen and oxygen atoms in total. The molecule has 0 spiro atoms. The van der Waals surface area contributed by atoms with E-state index in [2.05, 4.69) is 25.5 Å². The maximum absolute atomic E-state index is 13.9. The van der Waals surface area contributed by atoms with Crippen molar-refractivity contribution < 1.29 is 9.50 Å². The van der Waals surface area contributed by atoms with Gasteiger partial charge in [-0.15, -0.1) is 0 Å². The average molecular weight is 367 g/mol. The second-order valence-corrected chi connectivity index (χ2v) is 6.29. The Bertz CT molecular complexity index is 1070. The van der Waals surface area contributed by atoms with Crippen molar-refractivity contribution in [3.63, 3.8) is 0 Å². The van der Waals surface area contributed by atoms with E-state index in [0.717, 1.165) is 5.39 Å². The molecule has 0 saturated carbocycles. The Hall–Kier alpha value is -3.33. The van der Waals surface area contributed by atoms with Crippen LogP contribution in [0.25, 0.3) is 11.0 Å². The molecular formula is C18H18FN7O. The monoisotopic (exact) mass is 367 g/mol. The van der Waals surface area contributed by atoms with Gasteiger partial charge < -0.3 is 10.4 Å². The van der Waals surface area contributed by atoms with E-state index in [1.54, 1.807) is 59.3 Å². The minimum atomic E-state index is -0.488. The van der Waals surface area contributed by atoms with Crippen molar-refractivity contribution in [2.24, 2.45) is 0 Å². The summed E-state index contributed by atoms with van der Waals surface area (Å²) < 4.78 is 17.2. The van der Waals surface area contributed by atoms with Gasteiger partial charge in [-0.3, -0.25) is 4.68 Å². The standard InChI is InChI=1S/C18H18FN7O/c1-12(27)9-25-11-15(8-21-25)23-18-20-6-14-7-22-26(17(14)24-18)10-13-4-2-3-5-16(13)19/h2-8,11-12,27H,9-10H2,1H3,(H,20,23,24). The van der Waals surface area contributed by atoms with Crippen molar-refractivity contribution in [1.29, 1.82) is 0 Å². The highest BCUT2D eigenvalue weighted by atomic mass is 19.1. The molecule has 3 aromatic heterocycles. The number of anilines is 2. The van der Waals surface area contributed by atoms with Crippen LogP contribution in [0.5, 0.6) is 0 Å².